The van der Waals surface area contributed by atoms with Crippen LogP contribution in [-0.2, 0) is 19.2 Å². The predicted molar refractivity (Wildman–Crippen MR) is 45.3 cm³/mol. The minimum Gasteiger partial charge on any atom is -0.479 e. The summed E-state index contributed by atoms with van der Waals surface area (Å²) in [6, 6.07) is 0. The van der Waals surface area contributed by atoms with Crippen LogP contribution in [0.5, 0.6) is 0 Å². The van der Waals surface area contributed by atoms with Crippen LogP contribution in [0.3, 0.4) is 0 Å². The van der Waals surface area contributed by atoms with E-state index in [0.29, 0.717) is 13.0 Å². The number of hydrogen-bond acceptors (Lipinski definition) is 4. The van der Waals surface area contributed by atoms with Gasteiger partial charge in [0.25, 0.3) is 0 Å². The maximum absolute atomic E-state index is 11.3. The van der Waals surface area contributed by atoms with Crippen molar-refractivity contribution in [3.63, 3.8) is 0 Å². The number of carboxylic acids is 1. The third-order valence-corrected chi connectivity index (χ3v) is 2.08. The van der Waals surface area contributed by atoms with E-state index in [1.165, 1.54) is 0 Å². The number of hydrogen-bond donors (Lipinski definition) is 2. The monoisotopic (exact) mass is 203 g/mol. The molecule has 1 heterocycles. The van der Waals surface area contributed by atoms with Crippen LogP contribution in [0.1, 0.15) is 13.3 Å². The first kappa shape index (κ1) is 10.9. The van der Waals surface area contributed by atoms with Gasteiger partial charge in [-0.2, -0.15) is 0 Å². The molecule has 0 radical (unpaired) electrons. The van der Waals surface area contributed by atoms with Gasteiger partial charge >= 0.3 is 5.97 Å². The lowest BCUT2D eigenvalue weighted by Crippen LogP contribution is -2.35. The topological polar surface area (TPSA) is 84.9 Å². The molecule has 14 heavy (non-hydrogen) atoms. The van der Waals surface area contributed by atoms with Crippen LogP contribution < -0.4 is 5.48 Å². The highest BCUT2D eigenvalue weighted by Gasteiger charge is 2.30. The van der Waals surface area contributed by atoms with Gasteiger partial charge in [0.2, 0.25) is 5.91 Å². The highest BCUT2D eigenvalue weighted by molar-refractivity contribution is 5.78. The van der Waals surface area contributed by atoms with Gasteiger partial charge in [0.05, 0.1) is 12.0 Å². The molecule has 80 valence electrons. The summed E-state index contributed by atoms with van der Waals surface area (Å²) < 4.78 is 5.18. The van der Waals surface area contributed by atoms with Gasteiger partial charge in [-0.3, -0.25) is 9.63 Å². The van der Waals surface area contributed by atoms with E-state index in [1.807, 2.05) is 0 Å². The number of carbonyl (C=O) groups excluding carboxylic acids is 1. The van der Waals surface area contributed by atoms with Crippen LogP contribution >= 0.6 is 0 Å². The van der Waals surface area contributed by atoms with Crippen LogP contribution in [0.15, 0.2) is 0 Å². The smallest absolute Gasteiger partial charge is 0.332 e. The van der Waals surface area contributed by atoms with Crippen LogP contribution in [0.2, 0.25) is 0 Å². The number of amides is 1. The summed E-state index contributed by atoms with van der Waals surface area (Å²) >= 11 is 0. The van der Waals surface area contributed by atoms with E-state index < -0.39 is 12.6 Å². The summed E-state index contributed by atoms with van der Waals surface area (Å²) in [7, 11) is 0. The van der Waals surface area contributed by atoms with E-state index >= 15 is 0 Å². The summed E-state index contributed by atoms with van der Waals surface area (Å²) in [6.45, 7) is 1.82. The zero-order valence-electron chi connectivity index (χ0n) is 7.86. The Kier molecular flexibility index (Phi) is 3.84. The Morgan fingerprint density at radius 3 is 2.86 bits per heavy atom. The van der Waals surface area contributed by atoms with Crippen LogP contribution in [0.25, 0.3) is 0 Å². The lowest BCUT2D eigenvalue weighted by Gasteiger charge is -2.12. The largest absolute Gasteiger partial charge is 0.479 e. The molecule has 1 aliphatic rings. The Hall–Kier alpha value is -1.14. The van der Waals surface area contributed by atoms with Crippen LogP contribution in [-0.4, -0.2) is 36.3 Å². The minimum atomic E-state index is -1.12. The molecule has 2 atom stereocenters. The van der Waals surface area contributed by atoms with E-state index in [4.69, 9.17) is 9.84 Å². The number of nitrogens with one attached hydrogen (secondary N) is 1. The summed E-state index contributed by atoms with van der Waals surface area (Å²) in [5.41, 5.74) is 2.09. The standard InChI is InChI=1S/C8H13NO5/c1-5-6(2-3-13-5)8(12)9-14-4-7(10)11/h5-6H,2-4H2,1H3,(H,9,12)(H,10,11). The van der Waals surface area contributed by atoms with Gasteiger partial charge in [0.15, 0.2) is 6.61 Å². The van der Waals surface area contributed by atoms with E-state index in [0.717, 1.165) is 0 Å². The molecule has 0 bridgehead atoms. The summed E-state index contributed by atoms with van der Waals surface area (Å²) in [4.78, 5) is 25.9. The normalized spacial score (nSPS) is 26.1. The zero-order chi connectivity index (χ0) is 10.6. The molecular formula is C8H13NO5. The van der Waals surface area contributed by atoms with Gasteiger partial charge < -0.3 is 9.84 Å². The Labute approximate surface area is 81.1 Å². The van der Waals surface area contributed by atoms with Gasteiger partial charge in [0.1, 0.15) is 0 Å². The molecule has 6 heteroatoms. The lowest BCUT2D eigenvalue weighted by atomic mass is 10.0. The highest BCUT2D eigenvalue weighted by atomic mass is 16.7. The van der Waals surface area contributed by atoms with Crippen LogP contribution in [0.4, 0.5) is 0 Å². The molecule has 6 nitrogen and oxygen atoms in total. The fourth-order valence-electron chi connectivity index (χ4n) is 1.32. The third-order valence-electron chi connectivity index (χ3n) is 2.08. The molecule has 1 rings (SSSR count). The van der Waals surface area contributed by atoms with Gasteiger partial charge in [0, 0.05) is 6.61 Å². The van der Waals surface area contributed by atoms with Gasteiger partial charge in [-0.05, 0) is 13.3 Å². The van der Waals surface area contributed by atoms with Crippen LogP contribution in [0, 0.1) is 5.92 Å². The quantitative estimate of drug-likeness (QED) is 0.604. The average molecular weight is 203 g/mol. The number of ether oxygens (including phenoxy) is 1. The molecular weight excluding hydrogens is 190 g/mol. The number of rotatable bonds is 4. The fraction of sp³-hybridized carbons (Fsp3) is 0.750. The maximum Gasteiger partial charge on any atom is 0.332 e. The molecule has 2 unspecified atom stereocenters. The molecule has 0 saturated carbocycles. The molecule has 0 aromatic heterocycles. The molecule has 0 aromatic carbocycles. The van der Waals surface area contributed by atoms with E-state index in [1.54, 1.807) is 6.92 Å². The van der Waals surface area contributed by atoms with E-state index in [-0.39, 0.29) is 17.9 Å². The van der Waals surface area contributed by atoms with Gasteiger partial charge in [-0.1, -0.05) is 0 Å². The second-order valence-electron chi connectivity index (χ2n) is 3.12. The second kappa shape index (κ2) is 4.92. The highest BCUT2D eigenvalue weighted by Crippen LogP contribution is 2.20. The first-order valence-corrected chi connectivity index (χ1v) is 4.36. The Morgan fingerprint density at radius 1 is 1.64 bits per heavy atom. The van der Waals surface area contributed by atoms with Gasteiger partial charge in [-0.25, -0.2) is 10.3 Å². The van der Waals surface area contributed by atoms with E-state index in [2.05, 4.69) is 10.3 Å². The first-order valence-electron chi connectivity index (χ1n) is 4.36. The molecule has 1 aliphatic heterocycles. The molecule has 1 saturated heterocycles. The number of carboxylic acid groups (broad SMARTS) is 1. The molecule has 0 aromatic rings. The third kappa shape index (κ3) is 2.97. The Bertz CT molecular complexity index is 230. The molecule has 1 amide bonds. The van der Waals surface area contributed by atoms with Crippen molar-refractivity contribution in [2.24, 2.45) is 5.92 Å². The van der Waals surface area contributed by atoms with Gasteiger partial charge in [-0.15, -0.1) is 0 Å². The average Bonchev–Trinajstić information content (AvgIpc) is 2.50. The van der Waals surface area contributed by atoms with Crippen molar-refractivity contribution in [1.29, 1.82) is 0 Å². The van der Waals surface area contributed by atoms with Crippen molar-refractivity contribution in [3.8, 4) is 0 Å². The summed E-state index contributed by atoms with van der Waals surface area (Å²) in [6.07, 6.45) is 0.507. The van der Waals surface area contributed by atoms with Crippen molar-refractivity contribution < 1.29 is 24.3 Å². The van der Waals surface area contributed by atoms with E-state index in [9.17, 15) is 9.59 Å². The molecule has 2 N–H and O–H groups in total. The Morgan fingerprint density at radius 2 is 2.36 bits per heavy atom. The predicted octanol–water partition coefficient (Wildman–Crippen LogP) is -0.456. The Balaban J connectivity index is 2.24. The van der Waals surface area contributed by atoms with Crippen molar-refractivity contribution in [2.75, 3.05) is 13.2 Å². The van der Waals surface area contributed by atoms with Crippen molar-refractivity contribution >= 4 is 11.9 Å². The minimum absolute atomic E-state index is 0.136. The molecule has 0 aliphatic carbocycles. The zero-order valence-corrected chi connectivity index (χ0v) is 7.86. The first-order chi connectivity index (χ1) is 6.61. The number of carbonyl (C=O) groups is 2. The summed E-state index contributed by atoms with van der Waals surface area (Å²) in [5.74, 6) is -1.69. The fourth-order valence-corrected chi connectivity index (χ4v) is 1.32. The number of hydroxylamine groups is 1. The SMILES string of the molecule is CC1OCCC1C(=O)NOCC(=O)O. The van der Waals surface area contributed by atoms with Crippen molar-refractivity contribution in [1.82, 2.24) is 5.48 Å². The molecule has 0 spiro atoms. The van der Waals surface area contributed by atoms with Crippen molar-refractivity contribution in [2.45, 2.75) is 19.4 Å². The molecule has 1 fully saturated rings. The maximum atomic E-state index is 11.3. The second-order valence-corrected chi connectivity index (χ2v) is 3.12. The lowest BCUT2D eigenvalue weighted by molar-refractivity contribution is -0.151. The van der Waals surface area contributed by atoms with Crippen molar-refractivity contribution in [3.05, 3.63) is 0 Å². The summed E-state index contributed by atoms with van der Waals surface area (Å²) in [5, 5.41) is 8.24. The number of aliphatic carboxylic acids is 1.